The van der Waals surface area contributed by atoms with Crippen LogP contribution in [0.4, 0.5) is 0 Å². The number of hydrogen-bond donors (Lipinski definition) is 3. The lowest BCUT2D eigenvalue weighted by Gasteiger charge is -2.25. The summed E-state index contributed by atoms with van der Waals surface area (Å²) in [4.78, 5) is 29.8. The summed E-state index contributed by atoms with van der Waals surface area (Å²) >= 11 is 3.51. The lowest BCUT2D eigenvalue weighted by molar-refractivity contribution is -0.130. The van der Waals surface area contributed by atoms with Crippen molar-refractivity contribution in [2.24, 2.45) is 4.99 Å². The third-order valence-corrected chi connectivity index (χ3v) is 5.11. The van der Waals surface area contributed by atoms with Crippen LogP contribution in [0, 0.1) is 0 Å². The summed E-state index contributed by atoms with van der Waals surface area (Å²) in [6, 6.07) is 8.05. The van der Waals surface area contributed by atoms with Crippen molar-refractivity contribution in [1.29, 1.82) is 0 Å². The molecule has 3 N–H and O–H groups in total. The fraction of sp³-hybridized carbons (Fsp3) is 0.526. The molecule has 1 heterocycles. The Hall–Kier alpha value is -2.09. The van der Waals surface area contributed by atoms with E-state index in [0.717, 1.165) is 23.0 Å². The molecule has 1 aliphatic rings. The summed E-state index contributed by atoms with van der Waals surface area (Å²) in [5, 5.41) is 9.35. The minimum atomic E-state index is 0.0512. The maximum atomic E-state index is 12.4. The first-order chi connectivity index (χ1) is 13.0. The molecule has 1 unspecified atom stereocenters. The number of aliphatic imine (C=N–C) groups is 1. The van der Waals surface area contributed by atoms with Gasteiger partial charge in [0.25, 0.3) is 0 Å². The van der Waals surface area contributed by atoms with Crippen LogP contribution in [-0.4, -0.2) is 55.4 Å². The molecule has 1 fully saturated rings. The summed E-state index contributed by atoms with van der Waals surface area (Å²) in [7, 11) is 1.81. The zero-order valence-electron chi connectivity index (χ0n) is 15.9. The van der Waals surface area contributed by atoms with Gasteiger partial charge in [-0.2, -0.15) is 0 Å². The molecule has 1 aromatic carbocycles. The van der Waals surface area contributed by atoms with E-state index in [1.165, 1.54) is 0 Å². The second-order valence-electron chi connectivity index (χ2n) is 6.54. The largest absolute Gasteiger partial charge is 0.357 e. The molecule has 8 heteroatoms. The topological polar surface area (TPSA) is 85.8 Å². The highest BCUT2D eigenvalue weighted by molar-refractivity contribution is 9.10. The maximum Gasteiger partial charge on any atom is 0.224 e. The summed E-state index contributed by atoms with van der Waals surface area (Å²) in [6.07, 6.45) is 1.65. The van der Waals surface area contributed by atoms with Crippen LogP contribution < -0.4 is 16.0 Å². The first-order valence-electron chi connectivity index (χ1n) is 9.28. The lowest BCUT2D eigenvalue weighted by atomic mass is 10.1. The van der Waals surface area contributed by atoms with Crippen LogP contribution in [-0.2, 0) is 16.1 Å². The van der Waals surface area contributed by atoms with Gasteiger partial charge in [-0.15, -0.1) is 0 Å². The molecule has 1 aliphatic heterocycles. The molecule has 0 aliphatic carbocycles. The Morgan fingerprint density at radius 3 is 2.85 bits per heavy atom. The summed E-state index contributed by atoms with van der Waals surface area (Å²) in [5.41, 5.74) is 1.08. The average molecular weight is 438 g/mol. The monoisotopic (exact) mass is 437 g/mol. The number of rotatable bonds is 7. The number of carbonyl (C=O) groups excluding carboxylic acids is 2. The first-order valence-corrected chi connectivity index (χ1v) is 10.1. The van der Waals surface area contributed by atoms with Gasteiger partial charge in [0.15, 0.2) is 5.96 Å². The number of carbonyl (C=O) groups is 2. The van der Waals surface area contributed by atoms with Crippen molar-refractivity contribution in [2.45, 2.75) is 38.8 Å². The number of amides is 2. The van der Waals surface area contributed by atoms with Gasteiger partial charge in [0.05, 0.1) is 6.54 Å². The molecule has 0 spiro atoms. The van der Waals surface area contributed by atoms with Gasteiger partial charge < -0.3 is 20.9 Å². The van der Waals surface area contributed by atoms with Crippen LogP contribution in [0.3, 0.4) is 0 Å². The standard InChI is InChI=1S/C19H28BrN5O2/c1-3-21-19(24-15-8-9-17(26)23-12-15)22-11-10-18(27)25(2)13-14-6-4-5-7-16(14)20/h4-7,15H,3,8-13H2,1-2H3,(H,23,26)(H2,21,22,24). The Bertz CT molecular complexity index is 670. The fourth-order valence-electron chi connectivity index (χ4n) is 2.79. The van der Waals surface area contributed by atoms with Crippen LogP contribution in [0.1, 0.15) is 31.7 Å². The minimum absolute atomic E-state index is 0.0512. The number of benzene rings is 1. The molecule has 1 saturated heterocycles. The van der Waals surface area contributed by atoms with Gasteiger partial charge in [-0.1, -0.05) is 34.1 Å². The Morgan fingerprint density at radius 1 is 1.41 bits per heavy atom. The highest BCUT2D eigenvalue weighted by atomic mass is 79.9. The van der Waals surface area contributed by atoms with Gasteiger partial charge in [-0.3, -0.25) is 14.6 Å². The van der Waals surface area contributed by atoms with Gasteiger partial charge >= 0.3 is 0 Å². The van der Waals surface area contributed by atoms with E-state index in [4.69, 9.17) is 0 Å². The smallest absolute Gasteiger partial charge is 0.224 e. The van der Waals surface area contributed by atoms with Crippen molar-refractivity contribution in [2.75, 3.05) is 26.7 Å². The van der Waals surface area contributed by atoms with Crippen molar-refractivity contribution >= 4 is 33.7 Å². The third-order valence-electron chi connectivity index (χ3n) is 4.34. The summed E-state index contributed by atoms with van der Waals surface area (Å²) < 4.78 is 1.00. The van der Waals surface area contributed by atoms with Crippen LogP contribution in [0.25, 0.3) is 0 Å². The van der Waals surface area contributed by atoms with Crippen LogP contribution in [0.2, 0.25) is 0 Å². The first kappa shape index (κ1) is 21.2. The van der Waals surface area contributed by atoms with E-state index in [1.54, 1.807) is 11.9 Å². The molecule has 0 radical (unpaired) electrons. The Kier molecular flexibility index (Phi) is 8.57. The minimum Gasteiger partial charge on any atom is -0.357 e. The molecule has 2 rings (SSSR count). The number of guanidine groups is 1. The Labute approximate surface area is 169 Å². The number of hydrogen-bond acceptors (Lipinski definition) is 3. The van der Waals surface area contributed by atoms with Crippen LogP contribution in [0.5, 0.6) is 0 Å². The molecule has 0 bridgehead atoms. The van der Waals surface area contributed by atoms with E-state index in [1.807, 2.05) is 31.2 Å². The molecule has 148 valence electrons. The van der Waals surface area contributed by atoms with Gasteiger partial charge in [-0.05, 0) is 25.0 Å². The van der Waals surface area contributed by atoms with Crippen molar-refractivity contribution in [3.63, 3.8) is 0 Å². The molecule has 2 amide bonds. The van der Waals surface area contributed by atoms with Gasteiger partial charge in [-0.25, -0.2) is 0 Å². The quantitative estimate of drug-likeness (QED) is 0.446. The average Bonchev–Trinajstić information content (AvgIpc) is 2.65. The van der Waals surface area contributed by atoms with Crippen LogP contribution >= 0.6 is 15.9 Å². The van der Waals surface area contributed by atoms with Crippen molar-refractivity contribution in [3.8, 4) is 0 Å². The third kappa shape index (κ3) is 7.21. The molecular formula is C19H28BrN5O2. The normalized spacial score (nSPS) is 17.2. The van der Waals surface area contributed by atoms with E-state index in [2.05, 4.69) is 36.9 Å². The van der Waals surface area contributed by atoms with E-state index in [0.29, 0.717) is 38.4 Å². The van der Waals surface area contributed by atoms with Crippen molar-refractivity contribution in [3.05, 3.63) is 34.3 Å². The predicted octanol–water partition coefficient (Wildman–Crippen LogP) is 1.63. The van der Waals surface area contributed by atoms with E-state index in [9.17, 15) is 9.59 Å². The fourth-order valence-corrected chi connectivity index (χ4v) is 3.20. The SMILES string of the molecule is CCNC(=NCCC(=O)N(C)Cc1ccccc1Br)NC1CCC(=O)NC1. The molecule has 0 aromatic heterocycles. The van der Waals surface area contributed by atoms with Gasteiger partial charge in [0.2, 0.25) is 11.8 Å². The molecule has 1 aromatic rings. The number of nitrogens with zero attached hydrogens (tertiary/aromatic N) is 2. The van der Waals surface area contributed by atoms with Crippen LogP contribution in [0.15, 0.2) is 33.7 Å². The van der Waals surface area contributed by atoms with Crippen molar-refractivity contribution in [1.82, 2.24) is 20.9 Å². The highest BCUT2D eigenvalue weighted by Crippen LogP contribution is 2.17. The zero-order valence-corrected chi connectivity index (χ0v) is 17.5. The summed E-state index contributed by atoms with van der Waals surface area (Å²) in [6.45, 7) is 4.30. The Balaban J connectivity index is 1.81. The zero-order chi connectivity index (χ0) is 19.6. The van der Waals surface area contributed by atoms with E-state index >= 15 is 0 Å². The maximum absolute atomic E-state index is 12.4. The number of piperidine rings is 1. The van der Waals surface area contributed by atoms with E-state index < -0.39 is 0 Å². The number of halogens is 1. The molecule has 7 nitrogen and oxygen atoms in total. The van der Waals surface area contributed by atoms with Crippen molar-refractivity contribution < 1.29 is 9.59 Å². The molecule has 1 atom stereocenters. The lowest BCUT2D eigenvalue weighted by Crippen LogP contribution is -2.51. The highest BCUT2D eigenvalue weighted by Gasteiger charge is 2.18. The molecule has 27 heavy (non-hydrogen) atoms. The molecule has 0 saturated carbocycles. The van der Waals surface area contributed by atoms with Gasteiger partial charge in [0, 0.05) is 50.0 Å². The second-order valence-corrected chi connectivity index (χ2v) is 7.39. The van der Waals surface area contributed by atoms with Gasteiger partial charge in [0.1, 0.15) is 0 Å². The predicted molar refractivity (Wildman–Crippen MR) is 110 cm³/mol. The second kappa shape index (κ2) is 10.9. The number of nitrogens with one attached hydrogen (secondary N) is 3. The Morgan fingerprint density at radius 2 is 2.19 bits per heavy atom. The van der Waals surface area contributed by atoms with E-state index in [-0.39, 0.29) is 17.9 Å². The summed E-state index contributed by atoms with van der Waals surface area (Å²) in [5.74, 6) is 0.823. The molecular weight excluding hydrogens is 410 g/mol.